The van der Waals surface area contributed by atoms with E-state index in [4.69, 9.17) is 0 Å². The molecule has 1 aliphatic rings. The summed E-state index contributed by atoms with van der Waals surface area (Å²) >= 11 is 0. The molecule has 116 valence electrons. The number of benzene rings is 3. The average molecular weight is 313 g/mol. The molecule has 1 N–H and O–H groups in total. The quantitative estimate of drug-likeness (QED) is 0.564. The van der Waals surface area contributed by atoms with Gasteiger partial charge >= 0.3 is 0 Å². The molecule has 3 nitrogen and oxygen atoms in total. The van der Waals surface area contributed by atoms with Crippen LogP contribution in [-0.2, 0) is 11.2 Å². The standard InChI is InChI=1S/C21H15NO2/c1-21(11-22,12-23)20-9-8-18-17-4-2-13-10-14(24)3-5-15(13)16(17)6-7-19(18)20/h2-7,9-10,12,24H,8H2,1H3. The van der Waals surface area contributed by atoms with E-state index in [2.05, 4.69) is 12.1 Å². The number of carbonyl (C=O) groups excluding carboxylic acids is 1. The summed E-state index contributed by atoms with van der Waals surface area (Å²) in [5.74, 6) is 0.253. The van der Waals surface area contributed by atoms with Gasteiger partial charge in [0.05, 0.1) is 6.07 Å². The molecule has 0 amide bonds. The van der Waals surface area contributed by atoms with Crippen LogP contribution in [-0.4, -0.2) is 11.4 Å². The highest BCUT2D eigenvalue weighted by atomic mass is 16.3. The molecule has 0 heterocycles. The van der Waals surface area contributed by atoms with Crippen molar-refractivity contribution in [2.75, 3.05) is 0 Å². The number of allylic oxidation sites excluding steroid dienone is 2. The van der Waals surface area contributed by atoms with Crippen molar-refractivity contribution in [1.29, 1.82) is 5.26 Å². The molecule has 3 aromatic carbocycles. The Kier molecular flexibility index (Phi) is 2.98. The lowest BCUT2D eigenvalue weighted by Gasteiger charge is -2.18. The Morgan fingerprint density at radius 2 is 1.88 bits per heavy atom. The van der Waals surface area contributed by atoms with Gasteiger partial charge in [0.25, 0.3) is 0 Å². The molecule has 0 aliphatic heterocycles. The molecule has 3 heteroatoms. The number of phenols is 1. The van der Waals surface area contributed by atoms with Crippen LogP contribution in [0.5, 0.6) is 5.75 Å². The second-order valence-electron chi connectivity index (χ2n) is 6.41. The van der Waals surface area contributed by atoms with Crippen LogP contribution >= 0.6 is 0 Å². The van der Waals surface area contributed by atoms with Crippen LogP contribution in [0.25, 0.3) is 27.1 Å². The minimum atomic E-state index is -1.11. The molecular weight excluding hydrogens is 298 g/mol. The lowest BCUT2D eigenvalue weighted by atomic mass is 9.81. The van der Waals surface area contributed by atoms with Crippen LogP contribution in [0.1, 0.15) is 18.1 Å². The van der Waals surface area contributed by atoms with E-state index in [-0.39, 0.29) is 5.75 Å². The van der Waals surface area contributed by atoms with Crippen molar-refractivity contribution in [2.24, 2.45) is 5.41 Å². The van der Waals surface area contributed by atoms with E-state index >= 15 is 0 Å². The van der Waals surface area contributed by atoms with Crippen molar-refractivity contribution in [1.82, 2.24) is 0 Å². The lowest BCUT2D eigenvalue weighted by molar-refractivity contribution is -0.111. The molecular formula is C21H15NO2. The van der Waals surface area contributed by atoms with E-state index in [1.807, 2.05) is 30.3 Å². The summed E-state index contributed by atoms with van der Waals surface area (Å²) in [5.41, 5.74) is 1.82. The van der Waals surface area contributed by atoms with Crippen LogP contribution in [0.3, 0.4) is 0 Å². The Bertz CT molecular complexity index is 1090. The van der Waals surface area contributed by atoms with E-state index in [0.29, 0.717) is 0 Å². The largest absolute Gasteiger partial charge is 0.508 e. The van der Waals surface area contributed by atoms with Gasteiger partial charge in [-0.15, -0.1) is 0 Å². The van der Waals surface area contributed by atoms with Crippen LogP contribution in [0.15, 0.2) is 48.5 Å². The SMILES string of the molecule is CC(C#N)(C=O)C1=CCc2c1ccc1c2ccc2cc(O)ccc21. The van der Waals surface area contributed by atoms with Gasteiger partial charge in [-0.05, 0) is 63.7 Å². The number of nitriles is 1. The fraction of sp³-hybridized carbons (Fsp3) is 0.143. The maximum atomic E-state index is 11.4. The predicted molar refractivity (Wildman–Crippen MR) is 94.6 cm³/mol. The molecule has 0 fully saturated rings. The number of hydrogen-bond donors (Lipinski definition) is 1. The van der Waals surface area contributed by atoms with Gasteiger partial charge in [0.15, 0.2) is 0 Å². The highest BCUT2D eigenvalue weighted by Crippen LogP contribution is 2.43. The monoisotopic (exact) mass is 313 g/mol. The van der Waals surface area contributed by atoms with Gasteiger partial charge in [-0.25, -0.2) is 0 Å². The Hall–Kier alpha value is -3.12. The summed E-state index contributed by atoms with van der Waals surface area (Å²) in [4.78, 5) is 11.4. The molecule has 1 aliphatic carbocycles. The van der Waals surface area contributed by atoms with Crippen molar-refractivity contribution in [3.63, 3.8) is 0 Å². The first-order valence-electron chi connectivity index (χ1n) is 7.83. The first-order valence-corrected chi connectivity index (χ1v) is 7.83. The van der Waals surface area contributed by atoms with E-state index in [1.165, 1.54) is 0 Å². The maximum absolute atomic E-state index is 11.4. The molecule has 0 bridgehead atoms. The van der Waals surface area contributed by atoms with Crippen molar-refractivity contribution in [2.45, 2.75) is 13.3 Å². The maximum Gasteiger partial charge on any atom is 0.144 e. The molecule has 3 aromatic rings. The Balaban J connectivity index is 1.99. The zero-order chi connectivity index (χ0) is 16.9. The summed E-state index contributed by atoms with van der Waals surface area (Å²) in [6.07, 6.45) is 3.43. The van der Waals surface area contributed by atoms with E-state index < -0.39 is 5.41 Å². The number of nitrogens with zero attached hydrogens (tertiary/aromatic N) is 1. The molecule has 0 aromatic heterocycles. The van der Waals surface area contributed by atoms with Gasteiger partial charge in [-0.1, -0.05) is 36.4 Å². The highest BCUT2D eigenvalue weighted by Gasteiger charge is 2.33. The van der Waals surface area contributed by atoms with E-state index in [0.717, 1.165) is 51.0 Å². The minimum Gasteiger partial charge on any atom is -0.508 e. The van der Waals surface area contributed by atoms with Gasteiger partial charge in [0, 0.05) is 0 Å². The van der Waals surface area contributed by atoms with Gasteiger partial charge in [-0.2, -0.15) is 5.26 Å². The van der Waals surface area contributed by atoms with Gasteiger partial charge < -0.3 is 9.90 Å². The van der Waals surface area contributed by atoms with Crippen molar-refractivity contribution < 1.29 is 9.90 Å². The fourth-order valence-electron chi connectivity index (χ4n) is 3.62. The molecule has 1 atom stereocenters. The summed E-state index contributed by atoms with van der Waals surface area (Å²) in [5, 5.41) is 23.4. The van der Waals surface area contributed by atoms with Crippen molar-refractivity contribution in [3.05, 3.63) is 59.7 Å². The number of aldehydes is 1. The Labute approximate surface area is 139 Å². The van der Waals surface area contributed by atoms with E-state index in [1.54, 1.807) is 19.1 Å². The van der Waals surface area contributed by atoms with E-state index in [9.17, 15) is 15.2 Å². The molecule has 1 unspecified atom stereocenters. The zero-order valence-electron chi connectivity index (χ0n) is 13.2. The number of carbonyl (C=O) groups is 1. The minimum absolute atomic E-state index is 0.253. The first-order chi connectivity index (χ1) is 11.6. The third-order valence-electron chi connectivity index (χ3n) is 4.94. The molecule has 24 heavy (non-hydrogen) atoms. The summed E-state index contributed by atoms with van der Waals surface area (Å²) < 4.78 is 0. The number of fused-ring (bicyclic) bond motifs is 5. The van der Waals surface area contributed by atoms with Gasteiger partial charge in [0.2, 0.25) is 0 Å². The van der Waals surface area contributed by atoms with Gasteiger partial charge in [-0.3, -0.25) is 0 Å². The first kappa shape index (κ1) is 14.5. The highest BCUT2D eigenvalue weighted by molar-refractivity contribution is 6.10. The number of hydrogen-bond acceptors (Lipinski definition) is 3. The second kappa shape index (κ2) is 4.94. The number of rotatable bonds is 2. The van der Waals surface area contributed by atoms with Gasteiger partial charge in [0.1, 0.15) is 17.5 Å². The van der Waals surface area contributed by atoms with Crippen LogP contribution < -0.4 is 0 Å². The Morgan fingerprint density at radius 3 is 2.62 bits per heavy atom. The smallest absolute Gasteiger partial charge is 0.144 e. The molecule has 0 saturated carbocycles. The molecule has 0 radical (unpaired) electrons. The van der Waals surface area contributed by atoms with Crippen LogP contribution in [0, 0.1) is 16.7 Å². The molecule has 4 rings (SSSR count). The summed E-state index contributed by atoms with van der Waals surface area (Å²) in [6.45, 7) is 1.66. The molecule has 0 spiro atoms. The predicted octanol–water partition coefficient (Wildman–Crippen LogP) is 4.37. The summed E-state index contributed by atoms with van der Waals surface area (Å²) in [6, 6.07) is 15.6. The van der Waals surface area contributed by atoms with Crippen molar-refractivity contribution in [3.8, 4) is 11.8 Å². The topological polar surface area (TPSA) is 61.1 Å². The lowest BCUT2D eigenvalue weighted by Crippen LogP contribution is -2.17. The zero-order valence-corrected chi connectivity index (χ0v) is 13.2. The van der Waals surface area contributed by atoms with Crippen LogP contribution in [0.4, 0.5) is 0 Å². The van der Waals surface area contributed by atoms with Crippen molar-refractivity contribution >= 4 is 33.4 Å². The van der Waals surface area contributed by atoms with Crippen LogP contribution in [0.2, 0.25) is 0 Å². The number of phenolic OH excluding ortho intramolecular Hbond substituents is 1. The number of aromatic hydroxyl groups is 1. The Morgan fingerprint density at radius 1 is 1.12 bits per heavy atom. The average Bonchev–Trinajstić information content (AvgIpc) is 3.05. The normalized spacial score (nSPS) is 15.6. The molecule has 0 saturated heterocycles. The summed E-state index contributed by atoms with van der Waals surface area (Å²) in [7, 11) is 0. The fourth-order valence-corrected chi connectivity index (χ4v) is 3.62. The second-order valence-corrected chi connectivity index (χ2v) is 6.41. The third-order valence-corrected chi connectivity index (χ3v) is 4.94. The third kappa shape index (κ3) is 1.87.